The Hall–Kier alpha value is -1.16. The van der Waals surface area contributed by atoms with Crippen LogP contribution in [0.15, 0.2) is 18.2 Å². The maximum atomic E-state index is 13.2. The highest BCUT2D eigenvalue weighted by Gasteiger charge is 2.13. The first-order valence-electron chi connectivity index (χ1n) is 5.29. The molecule has 0 aliphatic carbocycles. The fourth-order valence-electron chi connectivity index (χ4n) is 1.38. The van der Waals surface area contributed by atoms with E-state index < -0.39 is 11.6 Å². The van der Waals surface area contributed by atoms with E-state index in [0.717, 1.165) is 18.2 Å². The van der Waals surface area contributed by atoms with Crippen molar-refractivity contribution in [3.63, 3.8) is 0 Å². The minimum atomic E-state index is -0.542. The van der Waals surface area contributed by atoms with E-state index in [-0.39, 0.29) is 11.8 Å². The zero-order chi connectivity index (χ0) is 12.1. The van der Waals surface area contributed by atoms with Crippen LogP contribution in [0.3, 0.4) is 0 Å². The highest BCUT2D eigenvalue weighted by molar-refractivity contribution is 5.24. The summed E-state index contributed by atoms with van der Waals surface area (Å²) in [7, 11) is 1.82. The van der Waals surface area contributed by atoms with Crippen LogP contribution in [0.1, 0.15) is 13.8 Å². The van der Waals surface area contributed by atoms with Crippen LogP contribution < -0.4 is 10.1 Å². The Morgan fingerprint density at radius 2 is 2.00 bits per heavy atom. The number of nitrogens with one attached hydrogen (secondary N) is 1. The van der Waals surface area contributed by atoms with Gasteiger partial charge in [-0.15, -0.1) is 0 Å². The van der Waals surface area contributed by atoms with E-state index in [0.29, 0.717) is 12.5 Å². The highest BCUT2D eigenvalue weighted by atomic mass is 19.1. The number of hydrogen-bond acceptors (Lipinski definition) is 2. The molecule has 90 valence electrons. The molecule has 16 heavy (non-hydrogen) atoms. The first-order chi connectivity index (χ1) is 7.54. The minimum absolute atomic E-state index is 0.0408. The fraction of sp³-hybridized carbons (Fsp3) is 0.500. The Bertz CT molecular complexity index is 342. The summed E-state index contributed by atoms with van der Waals surface area (Å²) >= 11 is 0. The average Bonchev–Trinajstić information content (AvgIpc) is 2.23. The summed E-state index contributed by atoms with van der Waals surface area (Å²) in [6.07, 6.45) is 0. The molecule has 1 atom stereocenters. The lowest BCUT2D eigenvalue weighted by Gasteiger charge is -2.20. The van der Waals surface area contributed by atoms with E-state index in [1.807, 2.05) is 20.9 Å². The summed E-state index contributed by atoms with van der Waals surface area (Å²) in [6.45, 7) is 4.38. The summed E-state index contributed by atoms with van der Waals surface area (Å²) in [4.78, 5) is 0. The molecule has 1 rings (SSSR count). The van der Waals surface area contributed by atoms with Crippen molar-refractivity contribution in [2.75, 3.05) is 13.7 Å². The van der Waals surface area contributed by atoms with Crippen molar-refractivity contribution < 1.29 is 13.5 Å². The molecule has 0 fully saturated rings. The zero-order valence-corrected chi connectivity index (χ0v) is 9.76. The molecule has 0 saturated heterocycles. The summed E-state index contributed by atoms with van der Waals surface area (Å²) in [5.74, 6) is -0.718. The van der Waals surface area contributed by atoms with Gasteiger partial charge in [-0.3, -0.25) is 0 Å². The molecule has 1 aromatic carbocycles. The second-order valence-electron chi connectivity index (χ2n) is 4.02. The highest BCUT2D eigenvalue weighted by Crippen LogP contribution is 2.18. The predicted molar refractivity (Wildman–Crippen MR) is 59.5 cm³/mol. The van der Waals surface area contributed by atoms with E-state index in [1.54, 1.807) is 0 Å². The molecule has 0 aliphatic rings. The molecule has 1 N–H and O–H groups in total. The van der Waals surface area contributed by atoms with Gasteiger partial charge in [-0.25, -0.2) is 8.78 Å². The van der Waals surface area contributed by atoms with Gasteiger partial charge in [-0.1, -0.05) is 13.8 Å². The molecule has 0 radical (unpaired) electrons. The quantitative estimate of drug-likeness (QED) is 0.838. The van der Waals surface area contributed by atoms with Gasteiger partial charge in [0, 0.05) is 12.1 Å². The van der Waals surface area contributed by atoms with Crippen LogP contribution in [0.2, 0.25) is 0 Å². The standard InChI is InChI=1S/C12H17F2NO/c1-8(2)11(15-3)7-16-12-6-9(13)4-5-10(12)14/h4-6,8,11,15H,7H2,1-3H3. The largest absolute Gasteiger partial charge is 0.489 e. The second kappa shape index (κ2) is 5.80. The van der Waals surface area contributed by atoms with Gasteiger partial charge >= 0.3 is 0 Å². The molecule has 4 heteroatoms. The summed E-state index contributed by atoms with van der Waals surface area (Å²) in [5.41, 5.74) is 0. The zero-order valence-electron chi connectivity index (χ0n) is 9.76. The van der Waals surface area contributed by atoms with Gasteiger partial charge in [-0.05, 0) is 25.1 Å². The molecule has 1 unspecified atom stereocenters. The van der Waals surface area contributed by atoms with Crippen LogP contribution >= 0.6 is 0 Å². The molecule has 1 aromatic rings. The Kier molecular flexibility index (Phi) is 4.68. The van der Waals surface area contributed by atoms with E-state index in [2.05, 4.69) is 5.32 Å². The molecule has 0 bridgehead atoms. The van der Waals surface area contributed by atoms with Gasteiger partial charge in [-0.2, -0.15) is 0 Å². The smallest absolute Gasteiger partial charge is 0.165 e. The number of ether oxygens (including phenoxy) is 1. The van der Waals surface area contributed by atoms with Crippen molar-refractivity contribution in [2.45, 2.75) is 19.9 Å². The van der Waals surface area contributed by atoms with Gasteiger partial charge in [0.05, 0.1) is 0 Å². The van der Waals surface area contributed by atoms with Gasteiger partial charge in [0.25, 0.3) is 0 Å². The van der Waals surface area contributed by atoms with Crippen molar-refractivity contribution >= 4 is 0 Å². The summed E-state index contributed by atoms with van der Waals surface area (Å²) < 4.78 is 31.3. The third-order valence-corrected chi connectivity index (χ3v) is 2.49. The predicted octanol–water partition coefficient (Wildman–Crippen LogP) is 2.59. The number of hydrogen-bond donors (Lipinski definition) is 1. The second-order valence-corrected chi connectivity index (χ2v) is 4.02. The number of benzene rings is 1. The molecular formula is C12H17F2NO. The van der Waals surface area contributed by atoms with E-state index in [4.69, 9.17) is 4.74 Å². The number of rotatable bonds is 5. The fourth-order valence-corrected chi connectivity index (χ4v) is 1.38. The Morgan fingerprint density at radius 1 is 1.31 bits per heavy atom. The van der Waals surface area contributed by atoms with Gasteiger partial charge in [0.1, 0.15) is 12.4 Å². The van der Waals surface area contributed by atoms with Crippen molar-refractivity contribution in [3.8, 4) is 5.75 Å². The van der Waals surface area contributed by atoms with Crippen LogP contribution in [0.25, 0.3) is 0 Å². The van der Waals surface area contributed by atoms with Crippen molar-refractivity contribution in [2.24, 2.45) is 5.92 Å². The van der Waals surface area contributed by atoms with E-state index in [9.17, 15) is 8.78 Å². The summed E-state index contributed by atoms with van der Waals surface area (Å²) in [6, 6.07) is 3.31. The molecule has 0 heterocycles. The Morgan fingerprint density at radius 3 is 2.56 bits per heavy atom. The molecule has 0 saturated carbocycles. The maximum Gasteiger partial charge on any atom is 0.165 e. The van der Waals surface area contributed by atoms with Gasteiger partial charge in [0.2, 0.25) is 0 Å². The van der Waals surface area contributed by atoms with E-state index >= 15 is 0 Å². The molecule has 2 nitrogen and oxygen atoms in total. The van der Waals surface area contributed by atoms with Gasteiger partial charge < -0.3 is 10.1 Å². The SMILES string of the molecule is CNC(COc1cc(F)ccc1F)C(C)C. The lowest BCUT2D eigenvalue weighted by molar-refractivity contribution is 0.229. The van der Waals surface area contributed by atoms with E-state index in [1.165, 1.54) is 0 Å². The number of likely N-dealkylation sites (N-methyl/N-ethyl adjacent to an activating group) is 1. The van der Waals surface area contributed by atoms with Crippen LogP contribution in [0.4, 0.5) is 8.78 Å². The molecule has 0 aliphatic heterocycles. The van der Waals surface area contributed by atoms with Crippen LogP contribution in [-0.4, -0.2) is 19.7 Å². The molecule has 0 spiro atoms. The Labute approximate surface area is 94.6 Å². The monoisotopic (exact) mass is 229 g/mol. The molecule has 0 amide bonds. The third-order valence-electron chi connectivity index (χ3n) is 2.49. The maximum absolute atomic E-state index is 13.2. The average molecular weight is 229 g/mol. The van der Waals surface area contributed by atoms with Crippen LogP contribution in [0.5, 0.6) is 5.75 Å². The topological polar surface area (TPSA) is 21.3 Å². The number of halogens is 2. The van der Waals surface area contributed by atoms with Crippen LogP contribution in [0, 0.1) is 17.6 Å². The van der Waals surface area contributed by atoms with Gasteiger partial charge in [0.15, 0.2) is 11.6 Å². The normalized spacial score (nSPS) is 12.9. The summed E-state index contributed by atoms with van der Waals surface area (Å²) in [5, 5.41) is 3.06. The molecular weight excluding hydrogens is 212 g/mol. The third kappa shape index (κ3) is 3.45. The minimum Gasteiger partial charge on any atom is -0.489 e. The lowest BCUT2D eigenvalue weighted by atomic mass is 10.1. The lowest BCUT2D eigenvalue weighted by Crippen LogP contribution is -2.36. The first kappa shape index (κ1) is 12.9. The van der Waals surface area contributed by atoms with Crippen LogP contribution in [-0.2, 0) is 0 Å². The van der Waals surface area contributed by atoms with Crippen molar-refractivity contribution in [1.29, 1.82) is 0 Å². The Balaban J connectivity index is 2.63. The first-order valence-corrected chi connectivity index (χ1v) is 5.29. The van der Waals surface area contributed by atoms with Crippen molar-refractivity contribution in [1.82, 2.24) is 5.32 Å². The van der Waals surface area contributed by atoms with Crippen molar-refractivity contribution in [3.05, 3.63) is 29.8 Å². The molecule has 0 aromatic heterocycles.